The minimum Gasteiger partial charge on any atom is -0.489 e. The molecule has 34 heavy (non-hydrogen) atoms. The molecule has 0 radical (unpaired) electrons. The summed E-state index contributed by atoms with van der Waals surface area (Å²) in [7, 11) is 0. The fraction of sp³-hybridized carbons (Fsp3) is 0.259. The van der Waals surface area contributed by atoms with Gasteiger partial charge in [-0.15, -0.1) is 0 Å². The van der Waals surface area contributed by atoms with Gasteiger partial charge in [0.25, 0.3) is 5.91 Å². The van der Waals surface area contributed by atoms with Crippen molar-refractivity contribution in [2.75, 3.05) is 30.3 Å². The zero-order valence-corrected chi connectivity index (χ0v) is 19.0. The molecule has 1 fully saturated rings. The molecular formula is C27H29N3O4. The zero-order chi connectivity index (χ0) is 23.6. The maximum absolute atomic E-state index is 12.4. The third kappa shape index (κ3) is 7.08. The number of hydrogen-bond donors (Lipinski definition) is 3. The Morgan fingerprint density at radius 3 is 2.59 bits per heavy atom. The van der Waals surface area contributed by atoms with Crippen LogP contribution in [0.1, 0.15) is 28.8 Å². The molecule has 2 amide bonds. The molecule has 0 aliphatic carbocycles. The quantitative estimate of drug-likeness (QED) is 0.422. The van der Waals surface area contributed by atoms with Crippen LogP contribution in [0.25, 0.3) is 0 Å². The third-order valence-electron chi connectivity index (χ3n) is 5.46. The Balaban J connectivity index is 1.24. The van der Waals surface area contributed by atoms with E-state index in [1.807, 2.05) is 54.6 Å². The molecule has 0 aromatic heterocycles. The largest absolute Gasteiger partial charge is 0.489 e. The van der Waals surface area contributed by atoms with Gasteiger partial charge in [0.2, 0.25) is 5.91 Å². The summed E-state index contributed by atoms with van der Waals surface area (Å²) in [6, 6.07) is 24.3. The molecule has 4 rings (SSSR count). The van der Waals surface area contributed by atoms with E-state index in [2.05, 4.69) is 16.0 Å². The lowest BCUT2D eigenvalue weighted by molar-refractivity contribution is -0.114. The van der Waals surface area contributed by atoms with Gasteiger partial charge in [0.15, 0.2) is 0 Å². The summed E-state index contributed by atoms with van der Waals surface area (Å²) in [5.74, 6) is 0.320. The van der Waals surface area contributed by atoms with Gasteiger partial charge in [-0.3, -0.25) is 9.59 Å². The van der Waals surface area contributed by atoms with Gasteiger partial charge in [-0.1, -0.05) is 42.5 Å². The number of ether oxygens (including phenoxy) is 2. The number of carbonyl (C=O) groups is 2. The van der Waals surface area contributed by atoms with Gasteiger partial charge < -0.3 is 25.4 Å². The van der Waals surface area contributed by atoms with Gasteiger partial charge in [0.1, 0.15) is 12.4 Å². The monoisotopic (exact) mass is 459 g/mol. The number of rotatable bonds is 10. The van der Waals surface area contributed by atoms with E-state index < -0.39 is 0 Å². The van der Waals surface area contributed by atoms with Gasteiger partial charge in [0, 0.05) is 36.2 Å². The van der Waals surface area contributed by atoms with Gasteiger partial charge >= 0.3 is 0 Å². The van der Waals surface area contributed by atoms with Crippen LogP contribution in [0.15, 0.2) is 78.9 Å². The second kappa shape index (κ2) is 11.9. The van der Waals surface area contributed by atoms with Crippen molar-refractivity contribution in [3.8, 4) is 5.75 Å². The standard InChI is InChI=1S/C27H29N3O4/c31-26(30-23-11-5-12-24(16-23)34-19-20-7-2-1-3-8-20)18-28-22-10-4-9-21(15-22)27(32)29-17-25-13-6-14-33-25/h1-5,7-12,15-16,25,28H,6,13-14,17-19H2,(H,29,32)(H,30,31). The summed E-state index contributed by atoms with van der Waals surface area (Å²) < 4.78 is 11.4. The minimum absolute atomic E-state index is 0.0656. The molecule has 7 nitrogen and oxygen atoms in total. The summed E-state index contributed by atoms with van der Waals surface area (Å²) in [5, 5.41) is 8.84. The predicted octanol–water partition coefficient (Wildman–Crippen LogP) is 4.23. The van der Waals surface area contributed by atoms with E-state index in [0.717, 1.165) is 25.0 Å². The molecule has 3 aromatic rings. The van der Waals surface area contributed by atoms with Gasteiger partial charge in [-0.25, -0.2) is 0 Å². The Hall–Kier alpha value is -3.84. The van der Waals surface area contributed by atoms with Crippen LogP contribution in [0.2, 0.25) is 0 Å². The van der Waals surface area contributed by atoms with Crippen molar-refractivity contribution in [1.82, 2.24) is 5.32 Å². The molecule has 176 valence electrons. The second-order valence-corrected chi connectivity index (χ2v) is 8.13. The predicted molar refractivity (Wildman–Crippen MR) is 132 cm³/mol. The molecular weight excluding hydrogens is 430 g/mol. The summed E-state index contributed by atoms with van der Waals surface area (Å²) in [5.41, 5.74) is 2.95. The van der Waals surface area contributed by atoms with Crippen LogP contribution in [-0.4, -0.2) is 37.6 Å². The van der Waals surface area contributed by atoms with Crippen LogP contribution >= 0.6 is 0 Å². The lowest BCUT2D eigenvalue weighted by atomic mass is 10.1. The van der Waals surface area contributed by atoms with Gasteiger partial charge in [-0.05, 0) is 48.7 Å². The molecule has 3 N–H and O–H groups in total. The molecule has 1 saturated heterocycles. The Bertz CT molecular complexity index is 1100. The summed E-state index contributed by atoms with van der Waals surface area (Å²) in [4.78, 5) is 24.9. The minimum atomic E-state index is -0.201. The van der Waals surface area contributed by atoms with Crippen molar-refractivity contribution in [2.24, 2.45) is 0 Å². The van der Waals surface area contributed by atoms with Crippen LogP contribution in [0.3, 0.4) is 0 Å². The number of hydrogen-bond acceptors (Lipinski definition) is 5. The number of carbonyl (C=O) groups excluding carboxylic acids is 2. The number of anilines is 2. The van der Waals surface area contributed by atoms with E-state index >= 15 is 0 Å². The van der Waals surface area contributed by atoms with E-state index in [1.54, 1.807) is 24.3 Å². The van der Waals surface area contributed by atoms with E-state index in [9.17, 15) is 9.59 Å². The first kappa shape index (κ1) is 23.3. The lowest BCUT2D eigenvalue weighted by Crippen LogP contribution is -2.31. The molecule has 7 heteroatoms. The molecule has 1 unspecified atom stereocenters. The summed E-state index contributed by atoms with van der Waals surface area (Å²) in [6.45, 7) is 1.79. The van der Waals surface area contributed by atoms with Crippen molar-refractivity contribution >= 4 is 23.2 Å². The Morgan fingerprint density at radius 2 is 1.76 bits per heavy atom. The summed E-state index contributed by atoms with van der Waals surface area (Å²) >= 11 is 0. The molecule has 0 bridgehead atoms. The zero-order valence-electron chi connectivity index (χ0n) is 19.0. The molecule has 3 aromatic carbocycles. The van der Waals surface area contributed by atoms with Crippen molar-refractivity contribution in [2.45, 2.75) is 25.6 Å². The van der Waals surface area contributed by atoms with Crippen molar-refractivity contribution < 1.29 is 19.1 Å². The maximum atomic E-state index is 12.4. The first-order valence-electron chi connectivity index (χ1n) is 11.5. The van der Waals surface area contributed by atoms with E-state index in [0.29, 0.717) is 35.8 Å². The topological polar surface area (TPSA) is 88.7 Å². The Morgan fingerprint density at radius 1 is 0.941 bits per heavy atom. The number of amides is 2. The van der Waals surface area contributed by atoms with Gasteiger partial charge in [-0.2, -0.15) is 0 Å². The fourth-order valence-electron chi connectivity index (χ4n) is 3.68. The number of benzene rings is 3. The molecule has 1 atom stereocenters. The number of nitrogens with one attached hydrogen (secondary N) is 3. The lowest BCUT2D eigenvalue weighted by Gasteiger charge is -2.12. The smallest absolute Gasteiger partial charge is 0.251 e. The average molecular weight is 460 g/mol. The summed E-state index contributed by atoms with van der Waals surface area (Å²) in [6.07, 6.45) is 2.10. The van der Waals surface area contributed by atoms with E-state index in [1.165, 1.54) is 0 Å². The maximum Gasteiger partial charge on any atom is 0.251 e. The van der Waals surface area contributed by atoms with Crippen LogP contribution in [0.5, 0.6) is 5.75 Å². The van der Waals surface area contributed by atoms with Crippen molar-refractivity contribution in [3.05, 3.63) is 90.0 Å². The van der Waals surface area contributed by atoms with Crippen LogP contribution in [-0.2, 0) is 16.1 Å². The van der Waals surface area contributed by atoms with Crippen molar-refractivity contribution in [3.63, 3.8) is 0 Å². The molecule has 0 spiro atoms. The molecule has 1 heterocycles. The Kier molecular flexibility index (Phi) is 8.13. The highest BCUT2D eigenvalue weighted by atomic mass is 16.5. The third-order valence-corrected chi connectivity index (χ3v) is 5.46. The fourth-order valence-corrected chi connectivity index (χ4v) is 3.68. The van der Waals surface area contributed by atoms with E-state index in [-0.39, 0.29) is 24.5 Å². The normalized spacial score (nSPS) is 14.9. The van der Waals surface area contributed by atoms with Gasteiger partial charge in [0.05, 0.1) is 12.6 Å². The first-order valence-corrected chi connectivity index (χ1v) is 11.5. The highest BCUT2D eigenvalue weighted by Crippen LogP contribution is 2.19. The molecule has 1 aliphatic rings. The van der Waals surface area contributed by atoms with Crippen molar-refractivity contribution in [1.29, 1.82) is 0 Å². The van der Waals surface area contributed by atoms with Crippen LogP contribution < -0.4 is 20.7 Å². The van der Waals surface area contributed by atoms with Crippen LogP contribution in [0, 0.1) is 0 Å². The first-order chi connectivity index (χ1) is 16.7. The SMILES string of the molecule is O=C(CNc1cccc(C(=O)NCC2CCCO2)c1)Nc1cccc(OCc2ccccc2)c1. The molecule has 0 saturated carbocycles. The Labute approximate surface area is 199 Å². The highest BCUT2D eigenvalue weighted by Gasteiger charge is 2.16. The van der Waals surface area contributed by atoms with E-state index in [4.69, 9.17) is 9.47 Å². The average Bonchev–Trinajstić information content (AvgIpc) is 3.40. The molecule has 1 aliphatic heterocycles. The van der Waals surface area contributed by atoms with Crippen LogP contribution in [0.4, 0.5) is 11.4 Å². The second-order valence-electron chi connectivity index (χ2n) is 8.13. The highest BCUT2D eigenvalue weighted by molar-refractivity contribution is 5.96.